The van der Waals surface area contributed by atoms with Crippen molar-refractivity contribution in [2.24, 2.45) is 5.73 Å². The van der Waals surface area contributed by atoms with Gasteiger partial charge in [0.25, 0.3) is 0 Å². The van der Waals surface area contributed by atoms with Gasteiger partial charge in [-0.3, -0.25) is 0 Å². The van der Waals surface area contributed by atoms with Crippen LogP contribution in [0.3, 0.4) is 0 Å². The van der Waals surface area contributed by atoms with Crippen LogP contribution in [0.4, 0.5) is 13.2 Å². The highest BCUT2D eigenvalue weighted by molar-refractivity contribution is 5.47. The molecule has 0 heterocycles. The van der Waals surface area contributed by atoms with Crippen molar-refractivity contribution in [3.8, 4) is 11.5 Å². The van der Waals surface area contributed by atoms with Crippen molar-refractivity contribution in [3.05, 3.63) is 23.8 Å². The summed E-state index contributed by atoms with van der Waals surface area (Å²) in [6, 6.07) is 5.29. The molecule has 0 amide bonds. The molecule has 1 rings (SSSR count). The minimum atomic E-state index is -4.15. The van der Waals surface area contributed by atoms with Crippen LogP contribution >= 0.6 is 0 Å². The third-order valence-electron chi connectivity index (χ3n) is 2.67. The summed E-state index contributed by atoms with van der Waals surface area (Å²) in [5.41, 5.74) is 6.59. The molecule has 0 aliphatic rings. The number of methoxy groups -OCH3 is 1. The second kappa shape index (κ2) is 7.38. The van der Waals surface area contributed by atoms with Crippen LogP contribution in [0.5, 0.6) is 11.5 Å². The number of alkyl halides is 3. The van der Waals surface area contributed by atoms with Gasteiger partial charge in [-0.2, -0.15) is 13.2 Å². The van der Waals surface area contributed by atoms with E-state index in [1.807, 2.05) is 13.0 Å². The predicted molar refractivity (Wildman–Crippen MR) is 71.1 cm³/mol. The largest absolute Gasteiger partial charge is 0.493 e. The SMILES string of the molecule is COc1cccc(CC(C)N)c1OCCCC(F)(F)F. The van der Waals surface area contributed by atoms with Gasteiger partial charge < -0.3 is 15.2 Å². The lowest BCUT2D eigenvalue weighted by molar-refractivity contribution is -0.136. The molecule has 0 bridgehead atoms. The smallest absolute Gasteiger partial charge is 0.389 e. The standard InChI is InChI=1S/C14H20F3NO2/c1-10(18)9-11-5-3-6-12(19-2)13(11)20-8-4-7-14(15,16)17/h3,5-6,10H,4,7-9,18H2,1-2H3. The molecule has 2 N–H and O–H groups in total. The van der Waals surface area contributed by atoms with E-state index < -0.39 is 12.6 Å². The Bertz CT molecular complexity index is 419. The van der Waals surface area contributed by atoms with Gasteiger partial charge in [0.15, 0.2) is 11.5 Å². The molecule has 1 unspecified atom stereocenters. The molecule has 20 heavy (non-hydrogen) atoms. The first-order valence-electron chi connectivity index (χ1n) is 6.44. The first-order chi connectivity index (χ1) is 9.33. The van der Waals surface area contributed by atoms with Crippen molar-refractivity contribution in [1.29, 1.82) is 0 Å². The van der Waals surface area contributed by atoms with E-state index in [4.69, 9.17) is 15.2 Å². The fraction of sp³-hybridized carbons (Fsp3) is 0.571. The molecular weight excluding hydrogens is 271 g/mol. The van der Waals surface area contributed by atoms with E-state index in [0.717, 1.165) is 5.56 Å². The molecule has 1 aromatic carbocycles. The van der Waals surface area contributed by atoms with Crippen molar-refractivity contribution in [2.75, 3.05) is 13.7 Å². The first-order valence-corrected chi connectivity index (χ1v) is 6.44. The molecule has 1 atom stereocenters. The van der Waals surface area contributed by atoms with Crippen LogP contribution in [0.1, 0.15) is 25.3 Å². The van der Waals surface area contributed by atoms with Crippen molar-refractivity contribution < 1.29 is 22.6 Å². The van der Waals surface area contributed by atoms with Crippen LogP contribution in [0.25, 0.3) is 0 Å². The molecule has 0 aromatic heterocycles. The summed E-state index contributed by atoms with van der Waals surface area (Å²) in [6.07, 6.45) is -4.52. The lowest BCUT2D eigenvalue weighted by atomic mass is 10.1. The Kier molecular flexibility index (Phi) is 6.13. The van der Waals surface area contributed by atoms with Gasteiger partial charge in [0, 0.05) is 12.5 Å². The summed E-state index contributed by atoms with van der Waals surface area (Å²) in [6.45, 7) is 1.85. The predicted octanol–water partition coefficient (Wildman–Crippen LogP) is 3.31. The van der Waals surface area contributed by atoms with Gasteiger partial charge in [0.2, 0.25) is 0 Å². The van der Waals surface area contributed by atoms with Gasteiger partial charge in [-0.1, -0.05) is 12.1 Å². The zero-order chi connectivity index (χ0) is 15.2. The van der Waals surface area contributed by atoms with E-state index in [9.17, 15) is 13.2 Å². The van der Waals surface area contributed by atoms with E-state index in [1.54, 1.807) is 12.1 Å². The number of ether oxygens (including phenoxy) is 2. The Labute approximate surface area is 116 Å². The second-order valence-electron chi connectivity index (χ2n) is 4.70. The van der Waals surface area contributed by atoms with Gasteiger partial charge in [-0.15, -0.1) is 0 Å². The summed E-state index contributed by atoms with van der Waals surface area (Å²) < 4.78 is 46.9. The third kappa shape index (κ3) is 5.69. The summed E-state index contributed by atoms with van der Waals surface area (Å²) in [5.74, 6) is 0.990. The van der Waals surface area contributed by atoms with E-state index in [0.29, 0.717) is 17.9 Å². The van der Waals surface area contributed by atoms with Gasteiger partial charge in [-0.25, -0.2) is 0 Å². The molecule has 0 aliphatic carbocycles. The van der Waals surface area contributed by atoms with Gasteiger partial charge in [-0.05, 0) is 31.4 Å². The Morgan fingerprint density at radius 3 is 2.55 bits per heavy atom. The number of hydrogen-bond donors (Lipinski definition) is 1. The molecule has 0 radical (unpaired) electrons. The zero-order valence-electron chi connectivity index (χ0n) is 11.7. The van der Waals surface area contributed by atoms with Crippen LogP contribution in [0.2, 0.25) is 0 Å². The highest BCUT2D eigenvalue weighted by Gasteiger charge is 2.26. The molecule has 1 aromatic rings. The maximum Gasteiger partial charge on any atom is 0.389 e. The molecule has 0 saturated carbocycles. The summed E-state index contributed by atoms with van der Waals surface area (Å²) in [5, 5.41) is 0. The number of nitrogens with two attached hydrogens (primary N) is 1. The van der Waals surface area contributed by atoms with Crippen molar-refractivity contribution in [3.63, 3.8) is 0 Å². The normalized spacial score (nSPS) is 13.1. The topological polar surface area (TPSA) is 44.5 Å². The van der Waals surface area contributed by atoms with E-state index >= 15 is 0 Å². The number of benzene rings is 1. The third-order valence-corrected chi connectivity index (χ3v) is 2.67. The molecule has 3 nitrogen and oxygen atoms in total. The van der Waals surface area contributed by atoms with Gasteiger partial charge in [0.05, 0.1) is 13.7 Å². The van der Waals surface area contributed by atoms with Crippen LogP contribution in [0, 0.1) is 0 Å². The summed E-state index contributed by atoms with van der Waals surface area (Å²) in [4.78, 5) is 0. The number of halogens is 3. The fourth-order valence-electron chi connectivity index (χ4n) is 1.84. The minimum absolute atomic E-state index is 0.00810. The molecule has 0 saturated heterocycles. The molecular formula is C14H20F3NO2. The van der Waals surface area contributed by atoms with Gasteiger partial charge >= 0.3 is 6.18 Å². The molecule has 0 aliphatic heterocycles. The zero-order valence-corrected chi connectivity index (χ0v) is 11.7. The van der Waals surface area contributed by atoms with E-state index in [-0.39, 0.29) is 19.1 Å². The maximum absolute atomic E-state index is 12.1. The Balaban J connectivity index is 2.70. The molecule has 6 heteroatoms. The molecule has 0 fully saturated rings. The van der Waals surface area contributed by atoms with E-state index in [2.05, 4.69) is 0 Å². The average molecular weight is 291 g/mol. The van der Waals surface area contributed by atoms with Crippen molar-refractivity contribution in [2.45, 2.75) is 38.4 Å². The summed E-state index contributed by atoms with van der Waals surface area (Å²) >= 11 is 0. The van der Waals surface area contributed by atoms with Gasteiger partial charge in [0.1, 0.15) is 0 Å². The Morgan fingerprint density at radius 2 is 2.00 bits per heavy atom. The summed E-state index contributed by atoms with van der Waals surface area (Å²) in [7, 11) is 1.49. The Hall–Kier alpha value is -1.43. The molecule has 114 valence electrons. The maximum atomic E-state index is 12.1. The first kappa shape index (κ1) is 16.6. The quantitative estimate of drug-likeness (QED) is 0.784. The number of hydrogen-bond acceptors (Lipinski definition) is 3. The highest BCUT2D eigenvalue weighted by atomic mass is 19.4. The molecule has 0 spiro atoms. The second-order valence-corrected chi connectivity index (χ2v) is 4.70. The Morgan fingerprint density at radius 1 is 1.30 bits per heavy atom. The van der Waals surface area contributed by atoms with Crippen molar-refractivity contribution >= 4 is 0 Å². The lowest BCUT2D eigenvalue weighted by Crippen LogP contribution is -2.18. The highest BCUT2D eigenvalue weighted by Crippen LogP contribution is 2.32. The monoisotopic (exact) mass is 291 g/mol. The van der Waals surface area contributed by atoms with Crippen molar-refractivity contribution in [1.82, 2.24) is 0 Å². The lowest BCUT2D eigenvalue weighted by Gasteiger charge is -2.16. The van der Waals surface area contributed by atoms with Crippen LogP contribution in [0.15, 0.2) is 18.2 Å². The number of para-hydroxylation sites is 1. The number of rotatable bonds is 7. The van der Waals surface area contributed by atoms with Crippen LogP contribution in [-0.4, -0.2) is 25.9 Å². The minimum Gasteiger partial charge on any atom is -0.493 e. The fourth-order valence-corrected chi connectivity index (χ4v) is 1.84. The van der Waals surface area contributed by atoms with E-state index in [1.165, 1.54) is 7.11 Å². The van der Waals surface area contributed by atoms with Crippen LogP contribution in [-0.2, 0) is 6.42 Å². The van der Waals surface area contributed by atoms with Crippen LogP contribution < -0.4 is 15.2 Å². The average Bonchev–Trinajstić information content (AvgIpc) is 2.33.